The Balaban J connectivity index is 1.88. The first-order valence-electron chi connectivity index (χ1n) is 6.89. The monoisotopic (exact) mass is 293 g/mol. The van der Waals surface area contributed by atoms with Gasteiger partial charge in [0.25, 0.3) is 0 Å². The van der Waals surface area contributed by atoms with Crippen LogP contribution in [0.25, 0.3) is 11.0 Å². The molecule has 0 unspecified atom stereocenters. The number of furan rings is 1. The molecule has 0 bridgehead atoms. The molecule has 0 spiro atoms. The van der Waals surface area contributed by atoms with Crippen molar-refractivity contribution in [2.75, 3.05) is 0 Å². The molecular weight excluding hydrogens is 281 g/mol. The van der Waals surface area contributed by atoms with Gasteiger partial charge >= 0.3 is 0 Å². The lowest BCUT2D eigenvalue weighted by Crippen LogP contribution is -2.12. The summed E-state index contributed by atoms with van der Waals surface area (Å²) in [5.41, 5.74) is 1.69. The molecule has 0 radical (unpaired) electrons. The van der Waals surface area contributed by atoms with Crippen LogP contribution in [0.5, 0.6) is 0 Å². The van der Waals surface area contributed by atoms with Crippen molar-refractivity contribution < 1.29 is 8.81 Å². The topological polar surface area (TPSA) is 43.9 Å². The third-order valence-electron chi connectivity index (χ3n) is 3.60. The summed E-state index contributed by atoms with van der Waals surface area (Å²) in [6, 6.07) is 15.8. The number of halogens is 1. The van der Waals surface area contributed by atoms with Crippen LogP contribution in [-0.4, -0.2) is 14.8 Å². The molecule has 0 aliphatic rings. The molecule has 4 aromatic rings. The van der Waals surface area contributed by atoms with Crippen LogP contribution in [0, 0.1) is 5.82 Å². The number of benzene rings is 2. The first kappa shape index (κ1) is 12.8. The van der Waals surface area contributed by atoms with Crippen molar-refractivity contribution in [3.8, 4) is 0 Å². The number of fused-ring (bicyclic) bond motifs is 1. The van der Waals surface area contributed by atoms with Crippen molar-refractivity contribution in [2.45, 2.75) is 6.04 Å². The van der Waals surface area contributed by atoms with Crippen molar-refractivity contribution in [1.82, 2.24) is 14.8 Å². The van der Waals surface area contributed by atoms with Gasteiger partial charge in [0.2, 0.25) is 0 Å². The van der Waals surface area contributed by atoms with E-state index in [1.165, 1.54) is 18.5 Å². The number of nitrogens with zero attached hydrogens (tertiary/aromatic N) is 3. The van der Waals surface area contributed by atoms with E-state index in [-0.39, 0.29) is 11.9 Å². The van der Waals surface area contributed by atoms with Gasteiger partial charge in [-0.1, -0.05) is 30.3 Å². The summed E-state index contributed by atoms with van der Waals surface area (Å²) in [7, 11) is 0. The minimum absolute atomic E-state index is 0.273. The zero-order chi connectivity index (χ0) is 14.9. The Morgan fingerprint density at radius 3 is 2.59 bits per heavy atom. The average Bonchev–Trinajstić information content (AvgIpc) is 3.19. The van der Waals surface area contributed by atoms with E-state index in [4.69, 9.17) is 4.42 Å². The quantitative estimate of drug-likeness (QED) is 0.577. The minimum Gasteiger partial charge on any atom is -0.458 e. The van der Waals surface area contributed by atoms with Gasteiger partial charge in [-0.05, 0) is 29.8 Å². The molecule has 0 fully saturated rings. The second-order valence-electron chi connectivity index (χ2n) is 5.02. The van der Waals surface area contributed by atoms with Gasteiger partial charge in [-0.25, -0.2) is 14.1 Å². The van der Waals surface area contributed by atoms with E-state index in [0.717, 1.165) is 22.3 Å². The van der Waals surface area contributed by atoms with Crippen molar-refractivity contribution in [1.29, 1.82) is 0 Å². The van der Waals surface area contributed by atoms with Gasteiger partial charge in [0.1, 0.15) is 35.9 Å². The molecule has 22 heavy (non-hydrogen) atoms. The van der Waals surface area contributed by atoms with Crippen LogP contribution in [-0.2, 0) is 0 Å². The molecular formula is C17H12FN3O. The van der Waals surface area contributed by atoms with Crippen LogP contribution >= 0.6 is 0 Å². The summed E-state index contributed by atoms with van der Waals surface area (Å²) >= 11 is 0. The van der Waals surface area contributed by atoms with Crippen LogP contribution in [0.3, 0.4) is 0 Å². The highest BCUT2D eigenvalue weighted by Gasteiger charge is 2.21. The summed E-state index contributed by atoms with van der Waals surface area (Å²) in [5.74, 6) is 0.462. The van der Waals surface area contributed by atoms with Crippen molar-refractivity contribution in [2.24, 2.45) is 0 Å². The Morgan fingerprint density at radius 2 is 1.86 bits per heavy atom. The van der Waals surface area contributed by atoms with Crippen LogP contribution in [0.4, 0.5) is 4.39 Å². The predicted molar refractivity (Wildman–Crippen MR) is 79.9 cm³/mol. The molecule has 108 valence electrons. The van der Waals surface area contributed by atoms with Crippen LogP contribution < -0.4 is 0 Å². The molecule has 5 heteroatoms. The summed E-state index contributed by atoms with van der Waals surface area (Å²) in [5, 5.41) is 5.23. The number of hydrogen-bond donors (Lipinski definition) is 0. The van der Waals surface area contributed by atoms with Crippen LogP contribution in [0.15, 0.2) is 71.7 Å². The summed E-state index contributed by atoms with van der Waals surface area (Å²) in [6.07, 6.45) is 3.10. The van der Waals surface area contributed by atoms with Gasteiger partial charge < -0.3 is 4.42 Å². The van der Waals surface area contributed by atoms with Crippen molar-refractivity contribution in [3.63, 3.8) is 0 Å². The Bertz CT molecular complexity index is 864. The molecule has 2 heterocycles. The SMILES string of the molecule is Fc1ccc([C@H](c2cc3ccccc3o2)n2cncn2)cc1. The Morgan fingerprint density at radius 1 is 1.05 bits per heavy atom. The second kappa shape index (κ2) is 5.11. The van der Waals surface area contributed by atoms with Crippen molar-refractivity contribution >= 4 is 11.0 Å². The van der Waals surface area contributed by atoms with Gasteiger partial charge in [0, 0.05) is 5.39 Å². The molecule has 1 atom stereocenters. The maximum absolute atomic E-state index is 13.2. The Hall–Kier alpha value is -2.95. The van der Waals surface area contributed by atoms with E-state index < -0.39 is 0 Å². The summed E-state index contributed by atoms with van der Waals surface area (Å²) < 4.78 is 20.9. The molecule has 0 saturated heterocycles. The van der Waals surface area contributed by atoms with E-state index >= 15 is 0 Å². The smallest absolute Gasteiger partial charge is 0.137 e. The highest BCUT2D eigenvalue weighted by atomic mass is 19.1. The number of rotatable bonds is 3. The lowest BCUT2D eigenvalue weighted by Gasteiger charge is -2.15. The first-order valence-corrected chi connectivity index (χ1v) is 6.89. The average molecular weight is 293 g/mol. The molecule has 0 aliphatic heterocycles. The standard InChI is InChI=1S/C17H12FN3O/c18-14-7-5-12(6-8-14)17(21-11-19-10-20-21)16-9-13-3-1-2-4-15(13)22-16/h1-11,17H/t17-/m1/s1. The van der Waals surface area contributed by atoms with Gasteiger partial charge in [0.05, 0.1) is 0 Å². The second-order valence-corrected chi connectivity index (χ2v) is 5.02. The molecule has 4 rings (SSSR count). The Labute approximate surface area is 125 Å². The van der Waals surface area contributed by atoms with Gasteiger partial charge in [-0.15, -0.1) is 0 Å². The third kappa shape index (κ3) is 2.16. The number of para-hydroxylation sites is 1. The molecule has 2 aromatic heterocycles. The maximum Gasteiger partial charge on any atom is 0.137 e. The zero-order valence-electron chi connectivity index (χ0n) is 11.6. The molecule has 0 aliphatic carbocycles. The lowest BCUT2D eigenvalue weighted by molar-refractivity contribution is 0.462. The molecule has 0 N–H and O–H groups in total. The Kier molecular flexibility index (Phi) is 2.96. The number of aromatic nitrogens is 3. The minimum atomic E-state index is -0.282. The molecule has 0 amide bonds. The third-order valence-corrected chi connectivity index (χ3v) is 3.60. The van der Waals surface area contributed by atoms with E-state index in [2.05, 4.69) is 10.1 Å². The lowest BCUT2D eigenvalue weighted by atomic mass is 10.0. The summed E-state index contributed by atoms with van der Waals surface area (Å²) in [4.78, 5) is 4.00. The fourth-order valence-corrected chi connectivity index (χ4v) is 2.58. The highest BCUT2D eigenvalue weighted by Crippen LogP contribution is 2.30. The molecule has 2 aromatic carbocycles. The van der Waals surface area contributed by atoms with E-state index in [9.17, 15) is 4.39 Å². The predicted octanol–water partition coefficient (Wildman–Crippen LogP) is 3.80. The van der Waals surface area contributed by atoms with Crippen LogP contribution in [0.1, 0.15) is 17.4 Å². The van der Waals surface area contributed by atoms with E-state index in [0.29, 0.717) is 0 Å². The van der Waals surface area contributed by atoms with Crippen LogP contribution in [0.2, 0.25) is 0 Å². The van der Waals surface area contributed by atoms with E-state index in [1.807, 2.05) is 30.3 Å². The molecule has 4 nitrogen and oxygen atoms in total. The fraction of sp³-hybridized carbons (Fsp3) is 0.0588. The number of hydrogen-bond acceptors (Lipinski definition) is 3. The fourth-order valence-electron chi connectivity index (χ4n) is 2.58. The van der Waals surface area contributed by atoms with Gasteiger partial charge in [-0.3, -0.25) is 0 Å². The summed E-state index contributed by atoms with van der Waals surface area (Å²) in [6.45, 7) is 0. The highest BCUT2D eigenvalue weighted by molar-refractivity contribution is 5.78. The van der Waals surface area contributed by atoms with E-state index in [1.54, 1.807) is 23.1 Å². The first-order chi connectivity index (χ1) is 10.8. The molecule has 0 saturated carbocycles. The normalized spacial score (nSPS) is 12.6. The van der Waals surface area contributed by atoms with Gasteiger partial charge in [0.15, 0.2) is 0 Å². The maximum atomic E-state index is 13.2. The zero-order valence-corrected chi connectivity index (χ0v) is 11.6. The largest absolute Gasteiger partial charge is 0.458 e. The van der Waals surface area contributed by atoms with Gasteiger partial charge in [-0.2, -0.15) is 5.10 Å². The van der Waals surface area contributed by atoms with Crippen molar-refractivity contribution in [3.05, 3.63) is 84.4 Å².